The third kappa shape index (κ3) is 3.49. The van der Waals surface area contributed by atoms with Crippen LogP contribution in [0.2, 0.25) is 0 Å². The third-order valence-electron chi connectivity index (χ3n) is 4.72. The first-order valence-corrected chi connectivity index (χ1v) is 8.84. The molecule has 1 aromatic heterocycles. The first kappa shape index (κ1) is 16.0. The van der Waals surface area contributed by atoms with Crippen LogP contribution < -0.4 is 15.4 Å². The molecule has 0 spiro atoms. The van der Waals surface area contributed by atoms with Gasteiger partial charge >= 0.3 is 0 Å². The Hall–Kier alpha value is -2.47. The van der Waals surface area contributed by atoms with E-state index in [1.807, 2.05) is 18.2 Å². The summed E-state index contributed by atoms with van der Waals surface area (Å²) in [5.74, 6) is 0.783. The van der Waals surface area contributed by atoms with Crippen molar-refractivity contribution in [2.75, 3.05) is 13.1 Å². The summed E-state index contributed by atoms with van der Waals surface area (Å²) in [6, 6.07) is 9.81. The predicted molar refractivity (Wildman–Crippen MR) is 94.6 cm³/mol. The van der Waals surface area contributed by atoms with E-state index in [0.717, 1.165) is 49.4 Å². The van der Waals surface area contributed by atoms with Crippen LogP contribution >= 0.6 is 0 Å². The second-order valence-corrected chi connectivity index (χ2v) is 6.78. The van der Waals surface area contributed by atoms with E-state index in [0.29, 0.717) is 5.69 Å². The Kier molecular flexibility index (Phi) is 4.36. The second-order valence-electron chi connectivity index (χ2n) is 6.78. The van der Waals surface area contributed by atoms with Crippen LogP contribution in [0.15, 0.2) is 30.3 Å². The molecule has 1 fully saturated rings. The van der Waals surface area contributed by atoms with Crippen molar-refractivity contribution < 1.29 is 9.53 Å². The lowest BCUT2D eigenvalue weighted by Crippen LogP contribution is -2.45. The zero-order chi connectivity index (χ0) is 17.2. The van der Waals surface area contributed by atoms with Crippen LogP contribution in [0.1, 0.15) is 35.8 Å². The van der Waals surface area contributed by atoms with Gasteiger partial charge in [0.2, 0.25) is 0 Å². The van der Waals surface area contributed by atoms with Crippen LogP contribution in [-0.2, 0) is 6.42 Å². The van der Waals surface area contributed by atoms with Crippen molar-refractivity contribution >= 4 is 5.91 Å². The van der Waals surface area contributed by atoms with Gasteiger partial charge in [0, 0.05) is 24.6 Å². The predicted octanol–water partition coefficient (Wildman–Crippen LogP) is 1.95. The zero-order valence-corrected chi connectivity index (χ0v) is 14.3. The molecular weight excluding hydrogens is 316 g/mol. The molecule has 4 rings (SSSR count). The van der Waals surface area contributed by atoms with Gasteiger partial charge in [-0.15, -0.1) is 10.2 Å². The molecule has 0 aliphatic carbocycles. The van der Waals surface area contributed by atoms with E-state index < -0.39 is 0 Å². The van der Waals surface area contributed by atoms with E-state index in [9.17, 15) is 4.79 Å². The minimum Gasteiger partial charge on any atom is -0.490 e. The molecule has 1 aromatic carbocycles. The van der Waals surface area contributed by atoms with Crippen molar-refractivity contribution in [1.82, 2.24) is 20.8 Å². The van der Waals surface area contributed by atoms with Crippen molar-refractivity contribution in [1.29, 1.82) is 0 Å². The number of carbonyl (C=O) groups is 1. The summed E-state index contributed by atoms with van der Waals surface area (Å²) in [5, 5.41) is 14.7. The quantitative estimate of drug-likeness (QED) is 0.895. The maximum absolute atomic E-state index is 12.3. The van der Waals surface area contributed by atoms with Gasteiger partial charge in [-0.1, -0.05) is 0 Å². The third-order valence-corrected chi connectivity index (χ3v) is 4.72. The van der Waals surface area contributed by atoms with E-state index in [2.05, 4.69) is 33.8 Å². The van der Waals surface area contributed by atoms with Gasteiger partial charge in [-0.25, -0.2) is 0 Å². The fraction of sp³-hybridized carbons (Fsp3) is 0.421. The minimum atomic E-state index is -0.163. The molecule has 2 unspecified atom stereocenters. The van der Waals surface area contributed by atoms with Gasteiger partial charge in [-0.2, -0.15) is 0 Å². The number of carbonyl (C=O) groups excluding carboxylic acids is 1. The van der Waals surface area contributed by atoms with Crippen molar-refractivity contribution in [2.45, 2.75) is 38.3 Å². The standard InChI is InChI=1S/C19H22N4O2/c1-12-9-14-10-13(4-7-18(14)25-12)16-5-6-17(23-22-16)19(24)21-15-3-2-8-20-11-15/h4-7,10,12,15,20H,2-3,8-9,11H2,1H3,(H,21,24). The Labute approximate surface area is 147 Å². The van der Waals surface area contributed by atoms with E-state index in [1.54, 1.807) is 6.07 Å². The summed E-state index contributed by atoms with van der Waals surface area (Å²) >= 11 is 0. The summed E-state index contributed by atoms with van der Waals surface area (Å²) in [6.07, 6.45) is 3.21. The Morgan fingerprint density at radius 3 is 2.96 bits per heavy atom. The molecule has 6 heteroatoms. The smallest absolute Gasteiger partial charge is 0.272 e. The van der Waals surface area contributed by atoms with Gasteiger partial charge in [0.25, 0.3) is 5.91 Å². The molecule has 1 saturated heterocycles. The molecule has 25 heavy (non-hydrogen) atoms. The number of aromatic nitrogens is 2. The molecule has 0 bridgehead atoms. The van der Waals surface area contributed by atoms with Crippen LogP contribution in [0.4, 0.5) is 0 Å². The minimum absolute atomic E-state index is 0.163. The van der Waals surface area contributed by atoms with Gasteiger partial charge in [-0.05, 0) is 62.2 Å². The van der Waals surface area contributed by atoms with Crippen LogP contribution in [0.5, 0.6) is 5.75 Å². The van der Waals surface area contributed by atoms with E-state index in [4.69, 9.17) is 4.74 Å². The number of ether oxygens (including phenoxy) is 1. The number of rotatable bonds is 3. The average Bonchev–Trinajstić information content (AvgIpc) is 3.02. The highest BCUT2D eigenvalue weighted by molar-refractivity contribution is 5.92. The normalized spacial score (nSPS) is 22.1. The summed E-state index contributed by atoms with van der Waals surface area (Å²) in [5.41, 5.74) is 3.30. The fourth-order valence-corrected chi connectivity index (χ4v) is 3.42. The van der Waals surface area contributed by atoms with E-state index in [1.165, 1.54) is 5.56 Å². The molecule has 3 heterocycles. The number of fused-ring (bicyclic) bond motifs is 1. The molecule has 1 amide bonds. The fourth-order valence-electron chi connectivity index (χ4n) is 3.42. The Morgan fingerprint density at radius 1 is 1.28 bits per heavy atom. The van der Waals surface area contributed by atoms with Crippen molar-refractivity contribution in [3.05, 3.63) is 41.6 Å². The highest BCUT2D eigenvalue weighted by Gasteiger charge is 2.20. The Morgan fingerprint density at radius 2 is 2.20 bits per heavy atom. The number of piperidine rings is 1. The summed E-state index contributed by atoms with van der Waals surface area (Å²) in [4.78, 5) is 12.3. The number of nitrogens with one attached hydrogen (secondary N) is 2. The molecule has 2 aliphatic heterocycles. The summed E-state index contributed by atoms with van der Waals surface area (Å²) in [6.45, 7) is 3.90. The molecule has 2 aromatic rings. The van der Waals surface area contributed by atoms with Crippen LogP contribution in [0, 0.1) is 0 Å². The molecule has 0 radical (unpaired) electrons. The lowest BCUT2D eigenvalue weighted by atomic mass is 10.0. The molecule has 2 N–H and O–H groups in total. The van der Waals surface area contributed by atoms with Crippen molar-refractivity contribution in [2.24, 2.45) is 0 Å². The van der Waals surface area contributed by atoms with E-state index >= 15 is 0 Å². The zero-order valence-electron chi connectivity index (χ0n) is 14.3. The number of hydrogen-bond acceptors (Lipinski definition) is 5. The molecule has 130 valence electrons. The Bertz CT molecular complexity index is 769. The summed E-state index contributed by atoms with van der Waals surface area (Å²) < 4.78 is 5.73. The maximum atomic E-state index is 12.3. The maximum Gasteiger partial charge on any atom is 0.272 e. The highest BCUT2D eigenvalue weighted by atomic mass is 16.5. The summed E-state index contributed by atoms with van der Waals surface area (Å²) in [7, 11) is 0. The largest absolute Gasteiger partial charge is 0.490 e. The van der Waals surface area contributed by atoms with Gasteiger partial charge in [0.05, 0.1) is 5.69 Å². The van der Waals surface area contributed by atoms with Gasteiger partial charge in [0.15, 0.2) is 5.69 Å². The van der Waals surface area contributed by atoms with Gasteiger partial charge < -0.3 is 15.4 Å². The molecular formula is C19H22N4O2. The highest BCUT2D eigenvalue weighted by Crippen LogP contribution is 2.32. The first-order chi connectivity index (χ1) is 12.2. The molecule has 2 aliphatic rings. The van der Waals surface area contributed by atoms with Crippen LogP contribution in [0.3, 0.4) is 0 Å². The number of amides is 1. The van der Waals surface area contributed by atoms with Gasteiger partial charge in [-0.3, -0.25) is 4.79 Å². The van der Waals surface area contributed by atoms with Crippen molar-refractivity contribution in [3.63, 3.8) is 0 Å². The molecule has 6 nitrogen and oxygen atoms in total. The average molecular weight is 338 g/mol. The topological polar surface area (TPSA) is 76.1 Å². The Balaban J connectivity index is 1.46. The SMILES string of the molecule is CC1Cc2cc(-c3ccc(C(=O)NC4CCCNC4)nn3)ccc2O1. The van der Waals surface area contributed by atoms with Gasteiger partial charge in [0.1, 0.15) is 11.9 Å². The number of hydrogen-bond donors (Lipinski definition) is 2. The monoisotopic (exact) mass is 338 g/mol. The van der Waals surface area contributed by atoms with Crippen molar-refractivity contribution in [3.8, 4) is 17.0 Å². The second kappa shape index (κ2) is 6.80. The molecule has 0 saturated carbocycles. The lowest BCUT2D eigenvalue weighted by Gasteiger charge is -2.23. The molecule has 2 atom stereocenters. The van der Waals surface area contributed by atoms with E-state index in [-0.39, 0.29) is 18.1 Å². The number of nitrogens with zero attached hydrogens (tertiary/aromatic N) is 2. The first-order valence-electron chi connectivity index (χ1n) is 8.84. The number of benzene rings is 1. The van der Waals surface area contributed by atoms with Crippen LogP contribution in [-0.4, -0.2) is 41.3 Å². The van der Waals surface area contributed by atoms with Crippen LogP contribution in [0.25, 0.3) is 11.3 Å². The lowest BCUT2D eigenvalue weighted by molar-refractivity contribution is 0.0924.